The zero-order valence-corrected chi connectivity index (χ0v) is 9.34. The van der Waals surface area contributed by atoms with Gasteiger partial charge in [-0.25, -0.2) is 12.8 Å². The third-order valence-corrected chi connectivity index (χ3v) is 3.24. The Morgan fingerprint density at radius 3 is 2.12 bits per heavy atom. The number of benzene rings is 1. The lowest BCUT2D eigenvalue weighted by Crippen LogP contribution is -2.10. The maximum absolute atomic E-state index is 13.1. The molecule has 0 unspecified atom stereocenters. The molecule has 90 valence electrons. The first-order valence-corrected chi connectivity index (χ1v) is 6.16. The van der Waals surface area contributed by atoms with Crippen molar-refractivity contribution in [2.75, 3.05) is 0 Å². The first-order chi connectivity index (χ1) is 7.03. The van der Waals surface area contributed by atoms with E-state index in [0.717, 1.165) is 6.92 Å². The summed E-state index contributed by atoms with van der Waals surface area (Å²) in [7, 11) is 0.450. The number of alkyl halides is 3. The summed E-state index contributed by atoms with van der Waals surface area (Å²) in [5, 5.41) is 0. The number of hydrogen-bond donors (Lipinski definition) is 0. The SMILES string of the molecule is Cc1c(F)cc(S(=O)(=O)Cl)cc1C(F)(F)F. The van der Waals surface area contributed by atoms with Crippen molar-refractivity contribution in [1.29, 1.82) is 0 Å². The molecule has 0 aliphatic carbocycles. The molecule has 0 atom stereocenters. The summed E-state index contributed by atoms with van der Waals surface area (Å²) in [6.07, 6.45) is -4.83. The Balaban J connectivity index is 3.59. The van der Waals surface area contributed by atoms with Crippen LogP contribution in [0.25, 0.3) is 0 Å². The monoisotopic (exact) mass is 276 g/mol. The molecule has 1 rings (SSSR count). The van der Waals surface area contributed by atoms with Crippen LogP contribution in [-0.4, -0.2) is 8.42 Å². The van der Waals surface area contributed by atoms with E-state index < -0.39 is 37.1 Å². The maximum Gasteiger partial charge on any atom is 0.416 e. The van der Waals surface area contributed by atoms with Crippen LogP contribution in [0.15, 0.2) is 17.0 Å². The molecular weight excluding hydrogens is 272 g/mol. The van der Waals surface area contributed by atoms with E-state index in [4.69, 9.17) is 10.7 Å². The Labute approximate surface area is 93.3 Å². The van der Waals surface area contributed by atoms with Gasteiger partial charge in [0.2, 0.25) is 0 Å². The molecule has 0 radical (unpaired) electrons. The molecule has 0 bridgehead atoms. The van der Waals surface area contributed by atoms with Crippen molar-refractivity contribution in [2.45, 2.75) is 18.0 Å². The molecule has 0 aliphatic heterocycles. The molecule has 0 heterocycles. The van der Waals surface area contributed by atoms with Crippen LogP contribution in [-0.2, 0) is 15.2 Å². The highest BCUT2D eigenvalue weighted by atomic mass is 35.7. The van der Waals surface area contributed by atoms with Gasteiger partial charge in [0.25, 0.3) is 9.05 Å². The predicted molar refractivity (Wildman–Crippen MR) is 49.2 cm³/mol. The Morgan fingerprint density at radius 1 is 1.25 bits per heavy atom. The molecule has 0 aromatic heterocycles. The van der Waals surface area contributed by atoms with Crippen molar-refractivity contribution >= 4 is 19.7 Å². The summed E-state index contributed by atoms with van der Waals surface area (Å²) in [4.78, 5) is -0.912. The first-order valence-electron chi connectivity index (χ1n) is 3.85. The van der Waals surface area contributed by atoms with Gasteiger partial charge in [0, 0.05) is 10.7 Å². The molecule has 0 saturated carbocycles. The zero-order chi connectivity index (χ0) is 12.7. The van der Waals surface area contributed by atoms with Gasteiger partial charge < -0.3 is 0 Å². The van der Waals surface area contributed by atoms with Crippen LogP contribution in [0.5, 0.6) is 0 Å². The second-order valence-electron chi connectivity index (χ2n) is 3.01. The smallest absolute Gasteiger partial charge is 0.207 e. The Morgan fingerprint density at radius 2 is 1.75 bits per heavy atom. The zero-order valence-electron chi connectivity index (χ0n) is 7.77. The molecule has 0 saturated heterocycles. The van der Waals surface area contributed by atoms with Gasteiger partial charge >= 0.3 is 6.18 Å². The van der Waals surface area contributed by atoms with Gasteiger partial charge in [0.05, 0.1) is 10.5 Å². The van der Waals surface area contributed by atoms with E-state index in [1.807, 2.05) is 0 Å². The maximum atomic E-state index is 13.1. The summed E-state index contributed by atoms with van der Waals surface area (Å²) < 4.78 is 71.9. The topological polar surface area (TPSA) is 34.1 Å². The summed E-state index contributed by atoms with van der Waals surface area (Å²) in [6, 6.07) is 0.758. The molecule has 1 aromatic carbocycles. The van der Waals surface area contributed by atoms with E-state index in [1.54, 1.807) is 0 Å². The van der Waals surface area contributed by atoms with Gasteiger partial charge in [-0.3, -0.25) is 0 Å². The van der Waals surface area contributed by atoms with Gasteiger partial charge in [-0.2, -0.15) is 13.2 Å². The van der Waals surface area contributed by atoms with Crippen LogP contribution in [0, 0.1) is 12.7 Å². The lowest BCUT2D eigenvalue weighted by atomic mass is 10.1. The van der Waals surface area contributed by atoms with Crippen molar-refractivity contribution in [3.05, 3.63) is 29.1 Å². The van der Waals surface area contributed by atoms with Crippen LogP contribution in [0.4, 0.5) is 17.6 Å². The summed E-state index contributed by atoms with van der Waals surface area (Å²) in [5.41, 5.74) is -2.02. The molecule has 0 fully saturated rings. The van der Waals surface area contributed by atoms with Gasteiger partial charge in [0.1, 0.15) is 5.82 Å². The van der Waals surface area contributed by atoms with Crippen molar-refractivity contribution in [3.63, 3.8) is 0 Å². The highest BCUT2D eigenvalue weighted by Crippen LogP contribution is 2.35. The van der Waals surface area contributed by atoms with Crippen LogP contribution >= 0.6 is 10.7 Å². The second-order valence-corrected chi connectivity index (χ2v) is 5.58. The van der Waals surface area contributed by atoms with Gasteiger partial charge in [-0.05, 0) is 24.6 Å². The van der Waals surface area contributed by atoms with E-state index in [0.29, 0.717) is 12.1 Å². The molecule has 0 spiro atoms. The largest absolute Gasteiger partial charge is 0.416 e. The third kappa shape index (κ3) is 2.65. The fraction of sp³-hybridized carbons (Fsp3) is 0.250. The first kappa shape index (κ1) is 13.2. The Bertz CT molecular complexity index is 522. The van der Waals surface area contributed by atoms with Gasteiger partial charge in [-0.1, -0.05) is 0 Å². The van der Waals surface area contributed by atoms with Gasteiger partial charge in [-0.15, -0.1) is 0 Å². The third-order valence-electron chi connectivity index (χ3n) is 1.90. The second kappa shape index (κ2) is 3.89. The van der Waals surface area contributed by atoms with Crippen molar-refractivity contribution in [3.8, 4) is 0 Å². The minimum Gasteiger partial charge on any atom is -0.207 e. The predicted octanol–water partition coefficient (Wildman–Crippen LogP) is 3.08. The molecule has 0 amide bonds. The molecule has 8 heteroatoms. The van der Waals surface area contributed by atoms with E-state index in [1.165, 1.54) is 0 Å². The summed E-state index contributed by atoms with van der Waals surface area (Å²) >= 11 is 0. The van der Waals surface area contributed by atoms with Crippen LogP contribution in [0.3, 0.4) is 0 Å². The quantitative estimate of drug-likeness (QED) is 0.583. The van der Waals surface area contributed by atoms with Crippen LogP contribution in [0.1, 0.15) is 11.1 Å². The highest BCUT2D eigenvalue weighted by molar-refractivity contribution is 8.13. The normalized spacial score (nSPS) is 12.9. The Kier molecular flexibility index (Phi) is 3.22. The number of rotatable bonds is 1. The average Bonchev–Trinajstić information content (AvgIpc) is 2.05. The minimum absolute atomic E-state index is 0.306. The molecule has 0 N–H and O–H groups in total. The highest BCUT2D eigenvalue weighted by Gasteiger charge is 2.35. The summed E-state index contributed by atoms with van der Waals surface area (Å²) in [5.74, 6) is -1.27. The number of hydrogen-bond acceptors (Lipinski definition) is 2. The van der Waals surface area contributed by atoms with Crippen LogP contribution in [0.2, 0.25) is 0 Å². The molecular formula is C8H5ClF4O2S. The molecule has 2 nitrogen and oxygen atoms in total. The minimum atomic E-state index is -4.83. The fourth-order valence-electron chi connectivity index (χ4n) is 1.09. The number of halogens is 5. The Hall–Kier alpha value is -0.820. The van der Waals surface area contributed by atoms with Crippen molar-refractivity contribution in [2.24, 2.45) is 0 Å². The molecule has 0 aliphatic rings. The van der Waals surface area contributed by atoms with E-state index >= 15 is 0 Å². The van der Waals surface area contributed by atoms with Gasteiger partial charge in [0.15, 0.2) is 0 Å². The lowest BCUT2D eigenvalue weighted by Gasteiger charge is -2.11. The lowest BCUT2D eigenvalue weighted by molar-refractivity contribution is -0.138. The van der Waals surface area contributed by atoms with E-state index in [9.17, 15) is 26.0 Å². The molecule has 1 aromatic rings. The van der Waals surface area contributed by atoms with E-state index in [2.05, 4.69) is 0 Å². The summed E-state index contributed by atoms with van der Waals surface area (Å²) in [6.45, 7) is 0.906. The average molecular weight is 277 g/mol. The van der Waals surface area contributed by atoms with Crippen molar-refractivity contribution in [1.82, 2.24) is 0 Å². The van der Waals surface area contributed by atoms with E-state index in [-0.39, 0.29) is 0 Å². The standard InChI is InChI=1S/C8H5ClF4O2S/c1-4-6(8(11,12)13)2-5(3-7(4)10)16(9,14)15/h2-3H,1H3. The fourth-order valence-corrected chi connectivity index (χ4v) is 1.86. The van der Waals surface area contributed by atoms with Crippen LogP contribution < -0.4 is 0 Å². The van der Waals surface area contributed by atoms with Crippen molar-refractivity contribution < 1.29 is 26.0 Å². The molecule has 16 heavy (non-hydrogen) atoms.